The van der Waals surface area contributed by atoms with Gasteiger partial charge in [0.1, 0.15) is 6.10 Å². The average Bonchev–Trinajstić information content (AvgIpc) is 2.25. The zero-order chi connectivity index (χ0) is 13.4. The number of carbonyl (C=O) groups is 2. The topological polar surface area (TPSA) is 43.4 Å². The van der Waals surface area contributed by atoms with Crippen molar-refractivity contribution in [1.29, 1.82) is 0 Å². The van der Waals surface area contributed by atoms with Gasteiger partial charge in [0.15, 0.2) is 5.12 Å². The molecule has 98 valence electrons. The maximum absolute atomic E-state index is 11.8. The lowest BCUT2D eigenvalue weighted by molar-refractivity contribution is -0.147. The smallest absolute Gasteiger partial charge is 0.303 e. The van der Waals surface area contributed by atoms with Gasteiger partial charge in [-0.05, 0) is 24.7 Å². The summed E-state index contributed by atoms with van der Waals surface area (Å²) in [5, 5.41) is 0.0719. The highest BCUT2D eigenvalue weighted by Gasteiger charge is 2.27. The molecule has 0 aromatic heterocycles. The number of ether oxygens (including phenoxy) is 1. The molecule has 0 aliphatic carbocycles. The summed E-state index contributed by atoms with van der Waals surface area (Å²) in [4.78, 5) is 22.9. The van der Waals surface area contributed by atoms with E-state index in [1.807, 2.05) is 33.8 Å². The third kappa shape index (κ3) is 5.91. The number of allylic oxidation sites excluding steroid dienone is 1. The van der Waals surface area contributed by atoms with Crippen LogP contribution < -0.4 is 0 Å². The van der Waals surface area contributed by atoms with Gasteiger partial charge in [-0.1, -0.05) is 38.6 Å². The van der Waals surface area contributed by atoms with Crippen molar-refractivity contribution in [1.82, 2.24) is 0 Å². The Kier molecular flexibility index (Phi) is 7.96. The molecule has 4 heteroatoms. The minimum absolute atomic E-state index is 0.0719. The van der Waals surface area contributed by atoms with Crippen molar-refractivity contribution in [2.24, 2.45) is 5.92 Å². The zero-order valence-corrected chi connectivity index (χ0v) is 12.1. The van der Waals surface area contributed by atoms with Crippen molar-refractivity contribution in [3.63, 3.8) is 0 Å². The van der Waals surface area contributed by atoms with E-state index in [0.717, 1.165) is 17.7 Å². The second-order valence-electron chi connectivity index (χ2n) is 3.93. The summed E-state index contributed by atoms with van der Waals surface area (Å²) >= 11 is 1.27. The number of thioether (sulfide) groups is 1. The van der Waals surface area contributed by atoms with Crippen molar-refractivity contribution in [2.75, 3.05) is 5.75 Å². The maximum Gasteiger partial charge on any atom is 0.303 e. The first-order valence-corrected chi connectivity index (χ1v) is 6.93. The fourth-order valence-corrected chi connectivity index (χ4v) is 2.27. The molecular formula is C13H22O3S. The lowest BCUT2D eigenvalue weighted by atomic mass is 9.98. The molecule has 0 saturated carbocycles. The zero-order valence-electron chi connectivity index (χ0n) is 11.3. The van der Waals surface area contributed by atoms with Crippen LogP contribution in [0.4, 0.5) is 0 Å². The summed E-state index contributed by atoms with van der Waals surface area (Å²) in [7, 11) is 0. The van der Waals surface area contributed by atoms with Crippen LogP contribution in [0.3, 0.4) is 0 Å². The Labute approximate surface area is 108 Å². The van der Waals surface area contributed by atoms with Crippen LogP contribution in [0.15, 0.2) is 11.6 Å². The highest BCUT2D eigenvalue weighted by Crippen LogP contribution is 2.22. The lowest BCUT2D eigenvalue weighted by Gasteiger charge is -2.23. The van der Waals surface area contributed by atoms with Gasteiger partial charge in [0.05, 0.1) is 5.92 Å². The Hall–Kier alpha value is -0.770. The van der Waals surface area contributed by atoms with E-state index in [1.165, 1.54) is 18.7 Å². The molecule has 0 heterocycles. The summed E-state index contributed by atoms with van der Waals surface area (Å²) in [6.45, 7) is 9.03. The molecule has 0 fully saturated rings. The summed E-state index contributed by atoms with van der Waals surface area (Å²) in [6.07, 6.45) is 2.43. The summed E-state index contributed by atoms with van der Waals surface area (Å²) in [5.74, 6) is 0.0959. The SMILES string of the molecule is CC/C=C(\C)C(OC(C)=O)C(C)C(=O)SCC. The van der Waals surface area contributed by atoms with Crippen molar-refractivity contribution < 1.29 is 14.3 Å². The van der Waals surface area contributed by atoms with E-state index in [-0.39, 0.29) is 17.0 Å². The Balaban J connectivity index is 4.84. The van der Waals surface area contributed by atoms with Gasteiger partial charge in [-0.2, -0.15) is 0 Å². The van der Waals surface area contributed by atoms with Crippen LogP contribution in [-0.4, -0.2) is 22.9 Å². The van der Waals surface area contributed by atoms with Gasteiger partial charge in [-0.15, -0.1) is 0 Å². The van der Waals surface area contributed by atoms with Gasteiger partial charge in [0, 0.05) is 6.92 Å². The first-order chi connectivity index (χ1) is 7.93. The van der Waals surface area contributed by atoms with Gasteiger partial charge in [0.2, 0.25) is 0 Å². The Bertz CT molecular complexity index is 297. The Morgan fingerprint density at radius 3 is 2.29 bits per heavy atom. The highest BCUT2D eigenvalue weighted by atomic mass is 32.2. The second-order valence-corrected chi connectivity index (χ2v) is 5.20. The molecule has 0 bridgehead atoms. The Morgan fingerprint density at radius 2 is 1.88 bits per heavy atom. The minimum Gasteiger partial charge on any atom is -0.457 e. The molecule has 0 spiro atoms. The van der Waals surface area contributed by atoms with Crippen molar-refractivity contribution in [2.45, 2.75) is 47.1 Å². The third-order valence-electron chi connectivity index (χ3n) is 2.38. The molecule has 0 amide bonds. The largest absolute Gasteiger partial charge is 0.457 e. The number of rotatable bonds is 6. The van der Waals surface area contributed by atoms with Crippen molar-refractivity contribution >= 4 is 22.8 Å². The van der Waals surface area contributed by atoms with E-state index in [1.54, 1.807) is 0 Å². The average molecular weight is 258 g/mol. The fraction of sp³-hybridized carbons (Fsp3) is 0.692. The van der Waals surface area contributed by atoms with E-state index >= 15 is 0 Å². The molecule has 0 aromatic rings. The molecule has 2 unspecified atom stereocenters. The summed E-state index contributed by atoms with van der Waals surface area (Å²) in [5.41, 5.74) is 0.945. The molecule has 17 heavy (non-hydrogen) atoms. The standard InChI is InChI=1S/C13H22O3S/c1-6-8-9(3)12(16-11(5)14)10(4)13(15)17-7-2/h8,10,12H,6-7H2,1-5H3/b9-8+. The lowest BCUT2D eigenvalue weighted by Crippen LogP contribution is -2.30. The highest BCUT2D eigenvalue weighted by molar-refractivity contribution is 8.13. The monoisotopic (exact) mass is 258 g/mol. The van der Waals surface area contributed by atoms with Crippen LogP contribution in [0, 0.1) is 5.92 Å². The van der Waals surface area contributed by atoms with Gasteiger partial charge in [0.25, 0.3) is 0 Å². The quantitative estimate of drug-likeness (QED) is 0.542. The number of hydrogen-bond acceptors (Lipinski definition) is 4. The molecule has 3 nitrogen and oxygen atoms in total. The fourth-order valence-electron chi connectivity index (χ4n) is 1.60. The van der Waals surface area contributed by atoms with Gasteiger partial charge < -0.3 is 4.74 Å². The van der Waals surface area contributed by atoms with E-state index < -0.39 is 6.10 Å². The molecular weight excluding hydrogens is 236 g/mol. The molecule has 0 aliphatic rings. The van der Waals surface area contributed by atoms with Crippen LogP contribution in [-0.2, 0) is 14.3 Å². The molecule has 0 aromatic carbocycles. The molecule has 0 aliphatic heterocycles. The third-order valence-corrected chi connectivity index (χ3v) is 3.33. The second kappa shape index (κ2) is 8.34. The van der Waals surface area contributed by atoms with Crippen LogP contribution in [0.2, 0.25) is 0 Å². The maximum atomic E-state index is 11.8. The number of esters is 1. The van der Waals surface area contributed by atoms with Gasteiger partial charge >= 0.3 is 5.97 Å². The van der Waals surface area contributed by atoms with E-state index in [4.69, 9.17) is 4.74 Å². The number of carbonyl (C=O) groups excluding carboxylic acids is 2. The summed E-state index contributed by atoms with van der Waals surface area (Å²) in [6, 6.07) is 0. The molecule has 0 N–H and O–H groups in total. The predicted octanol–water partition coefficient (Wildman–Crippen LogP) is 3.19. The summed E-state index contributed by atoms with van der Waals surface area (Å²) < 4.78 is 5.25. The first kappa shape index (κ1) is 16.2. The van der Waals surface area contributed by atoms with Gasteiger partial charge in [-0.25, -0.2) is 0 Å². The van der Waals surface area contributed by atoms with E-state index in [9.17, 15) is 9.59 Å². The minimum atomic E-state index is -0.431. The molecule has 2 atom stereocenters. The normalized spacial score (nSPS) is 15.2. The molecule has 0 saturated heterocycles. The van der Waals surface area contributed by atoms with Crippen LogP contribution in [0.25, 0.3) is 0 Å². The van der Waals surface area contributed by atoms with E-state index in [2.05, 4.69) is 0 Å². The first-order valence-electron chi connectivity index (χ1n) is 5.94. The molecule has 0 rings (SSSR count). The molecule has 0 radical (unpaired) electrons. The predicted molar refractivity (Wildman–Crippen MR) is 71.9 cm³/mol. The Morgan fingerprint density at radius 1 is 1.29 bits per heavy atom. The van der Waals surface area contributed by atoms with E-state index in [0.29, 0.717) is 0 Å². The van der Waals surface area contributed by atoms with Crippen LogP contribution >= 0.6 is 11.8 Å². The van der Waals surface area contributed by atoms with Gasteiger partial charge in [-0.3, -0.25) is 9.59 Å². The van der Waals surface area contributed by atoms with Crippen LogP contribution in [0.5, 0.6) is 0 Å². The number of hydrogen-bond donors (Lipinski definition) is 0. The van der Waals surface area contributed by atoms with Crippen LogP contribution in [0.1, 0.15) is 41.0 Å². The van der Waals surface area contributed by atoms with Crippen molar-refractivity contribution in [3.05, 3.63) is 11.6 Å². The van der Waals surface area contributed by atoms with Crippen molar-refractivity contribution in [3.8, 4) is 0 Å².